The molecule has 0 saturated heterocycles. The van der Waals surface area contributed by atoms with Crippen molar-refractivity contribution in [1.29, 1.82) is 5.26 Å². The topological polar surface area (TPSA) is 49.6 Å². The Morgan fingerprint density at radius 1 is 1.73 bits per heavy atom. The molecule has 0 bridgehead atoms. The van der Waals surface area contributed by atoms with Gasteiger partial charge in [-0.3, -0.25) is 0 Å². The molecule has 56 valence electrons. The van der Waals surface area contributed by atoms with Crippen LogP contribution in [0.25, 0.3) is 0 Å². The summed E-state index contributed by atoms with van der Waals surface area (Å²) in [7, 11) is 0. The maximum absolute atomic E-state index is 12.3. The number of aromatic nitrogens is 2. The van der Waals surface area contributed by atoms with Crippen LogP contribution in [0.4, 0.5) is 4.39 Å². The molecule has 0 aliphatic rings. The fourth-order valence-corrected chi connectivity index (χ4v) is 1.24. The van der Waals surface area contributed by atoms with Crippen molar-refractivity contribution in [3.63, 3.8) is 0 Å². The first-order chi connectivity index (χ1) is 5.24. The second-order valence-electron chi connectivity index (χ2n) is 1.49. The van der Waals surface area contributed by atoms with Gasteiger partial charge in [-0.2, -0.15) is 14.6 Å². The van der Waals surface area contributed by atoms with E-state index in [0.29, 0.717) is 9.50 Å². The van der Waals surface area contributed by atoms with Crippen LogP contribution in [0.5, 0.6) is 0 Å². The van der Waals surface area contributed by atoms with Crippen LogP contribution in [0.1, 0.15) is 0 Å². The average molecular weight is 234 g/mol. The first-order valence-corrected chi connectivity index (χ1v) is 4.09. The lowest BCUT2D eigenvalue weighted by molar-refractivity contribution is 0.525. The lowest BCUT2D eigenvalue weighted by atomic mass is 10.7. The van der Waals surface area contributed by atoms with Crippen LogP contribution in [0, 0.1) is 16.7 Å². The molecule has 1 aromatic heterocycles. The molecule has 0 saturated carbocycles. The summed E-state index contributed by atoms with van der Waals surface area (Å²) in [5.41, 5.74) is 0. The monoisotopic (exact) mass is 233 g/mol. The molecule has 0 aliphatic carbocycles. The van der Waals surface area contributed by atoms with E-state index in [0.717, 1.165) is 11.8 Å². The van der Waals surface area contributed by atoms with E-state index in [-0.39, 0.29) is 0 Å². The highest BCUT2D eigenvalue weighted by molar-refractivity contribution is 9.10. The van der Waals surface area contributed by atoms with Gasteiger partial charge in [0.15, 0.2) is 0 Å². The molecule has 0 fully saturated rings. The number of rotatable bonds is 1. The molecule has 0 radical (unpaired) electrons. The fourth-order valence-electron chi connectivity index (χ4n) is 0.446. The largest absolute Gasteiger partial charge is 0.309 e. The zero-order valence-corrected chi connectivity index (χ0v) is 7.49. The molecule has 0 unspecified atom stereocenters. The molecule has 6 heteroatoms. The molecule has 3 nitrogen and oxygen atoms in total. The molecule has 0 N–H and O–H groups in total. The summed E-state index contributed by atoms with van der Waals surface area (Å²) >= 11 is 3.85. The molecule has 0 spiro atoms. The smallest absolute Gasteiger partial charge is 0.210 e. The van der Waals surface area contributed by atoms with Crippen LogP contribution >= 0.6 is 27.7 Å². The quantitative estimate of drug-likeness (QED) is 0.322. The predicted octanol–water partition coefficient (Wildman–Crippen LogP) is 1.95. The van der Waals surface area contributed by atoms with Crippen LogP contribution < -0.4 is 0 Å². The Morgan fingerprint density at radius 2 is 2.45 bits per heavy atom. The highest BCUT2D eigenvalue weighted by atomic mass is 79.9. The minimum Gasteiger partial charge on any atom is -0.210 e. The first-order valence-electron chi connectivity index (χ1n) is 2.48. The number of hydrogen-bond donors (Lipinski definition) is 0. The van der Waals surface area contributed by atoms with Crippen LogP contribution in [0.2, 0.25) is 0 Å². The number of halogens is 2. The summed E-state index contributed by atoms with van der Waals surface area (Å²) in [6, 6.07) is 0. The Balaban J connectivity index is 3.05. The van der Waals surface area contributed by atoms with Gasteiger partial charge in [-0.15, -0.1) is 0 Å². The van der Waals surface area contributed by atoms with Gasteiger partial charge in [-0.1, -0.05) is 0 Å². The second kappa shape index (κ2) is 3.64. The number of thiocyanates is 1. The van der Waals surface area contributed by atoms with Crippen molar-refractivity contribution in [2.45, 2.75) is 5.03 Å². The van der Waals surface area contributed by atoms with Crippen LogP contribution in [0.15, 0.2) is 15.7 Å². The summed E-state index contributed by atoms with van der Waals surface area (Å²) in [4.78, 5) is 6.65. The molecule has 11 heavy (non-hydrogen) atoms. The van der Waals surface area contributed by atoms with Crippen LogP contribution in [-0.2, 0) is 0 Å². The number of thioether (sulfide) groups is 1. The van der Waals surface area contributed by atoms with Gasteiger partial charge in [0.1, 0.15) is 10.4 Å². The molecule has 0 aromatic carbocycles. The minimum atomic E-state index is -0.828. The highest BCUT2D eigenvalue weighted by Crippen LogP contribution is 2.22. The van der Waals surface area contributed by atoms with Crippen molar-refractivity contribution in [2.24, 2.45) is 0 Å². The van der Waals surface area contributed by atoms with Crippen molar-refractivity contribution in [2.75, 3.05) is 0 Å². The average Bonchev–Trinajstić information content (AvgIpc) is 1.98. The van der Waals surface area contributed by atoms with Gasteiger partial charge in [0, 0.05) is 18.0 Å². The van der Waals surface area contributed by atoms with Gasteiger partial charge in [-0.25, -0.2) is 4.98 Å². The van der Waals surface area contributed by atoms with E-state index >= 15 is 0 Å². The fraction of sp³-hybridized carbons (Fsp3) is 0. The molecule has 0 aliphatic heterocycles. The lowest BCUT2D eigenvalue weighted by Gasteiger charge is -1.94. The molecule has 1 aromatic rings. The predicted molar refractivity (Wildman–Crippen MR) is 41.2 cm³/mol. The van der Waals surface area contributed by atoms with Crippen LogP contribution in [0.3, 0.4) is 0 Å². The van der Waals surface area contributed by atoms with Crippen molar-refractivity contribution in [1.82, 2.24) is 9.97 Å². The van der Waals surface area contributed by atoms with Crippen molar-refractivity contribution in [3.8, 4) is 5.40 Å². The van der Waals surface area contributed by atoms with Gasteiger partial charge in [0.25, 0.3) is 0 Å². The molecule has 1 rings (SSSR count). The van der Waals surface area contributed by atoms with E-state index < -0.39 is 6.08 Å². The summed E-state index contributed by atoms with van der Waals surface area (Å²) < 4.78 is 12.8. The summed E-state index contributed by atoms with van der Waals surface area (Å²) in [5, 5.41) is 10.3. The molecule has 1 heterocycles. The van der Waals surface area contributed by atoms with E-state index in [9.17, 15) is 4.39 Å². The third kappa shape index (κ3) is 2.13. The van der Waals surface area contributed by atoms with Gasteiger partial charge in [-0.05, 0) is 15.9 Å². The third-order valence-electron chi connectivity index (χ3n) is 0.825. The summed E-state index contributed by atoms with van der Waals surface area (Å²) in [6.45, 7) is 0. The van der Waals surface area contributed by atoms with Gasteiger partial charge in [0.05, 0.1) is 4.47 Å². The molecule has 0 amide bonds. The van der Waals surface area contributed by atoms with Crippen molar-refractivity contribution >= 4 is 27.7 Å². The van der Waals surface area contributed by atoms with Crippen molar-refractivity contribution < 1.29 is 4.39 Å². The molecule has 0 atom stereocenters. The highest BCUT2D eigenvalue weighted by Gasteiger charge is 2.03. The first kappa shape index (κ1) is 8.43. The van der Waals surface area contributed by atoms with Crippen LogP contribution in [-0.4, -0.2) is 9.97 Å². The Kier molecular flexibility index (Phi) is 2.79. The Labute approximate surface area is 74.8 Å². The standard InChI is InChI=1S/C5HBrFN3S/c6-3-1-9-5(7)10-4(3)11-2-8/h1H. The summed E-state index contributed by atoms with van der Waals surface area (Å²) in [6.07, 6.45) is 0.438. The Bertz CT molecular complexity index is 311. The van der Waals surface area contributed by atoms with Gasteiger partial charge < -0.3 is 0 Å². The molecular formula is C5HBrFN3S. The van der Waals surface area contributed by atoms with E-state index in [2.05, 4.69) is 25.9 Å². The third-order valence-corrected chi connectivity index (χ3v) is 2.26. The van der Waals surface area contributed by atoms with Gasteiger partial charge >= 0.3 is 6.08 Å². The minimum absolute atomic E-state index is 0.292. The van der Waals surface area contributed by atoms with Gasteiger partial charge in [0.2, 0.25) is 0 Å². The maximum Gasteiger partial charge on any atom is 0.309 e. The van der Waals surface area contributed by atoms with Crippen molar-refractivity contribution in [3.05, 3.63) is 16.7 Å². The normalized spacial score (nSPS) is 9.18. The van der Waals surface area contributed by atoms with E-state index in [1.165, 1.54) is 6.20 Å². The Morgan fingerprint density at radius 3 is 3.09 bits per heavy atom. The van der Waals surface area contributed by atoms with E-state index in [1.807, 2.05) is 0 Å². The van der Waals surface area contributed by atoms with E-state index in [4.69, 9.17) is 5.26 Å². The zero-order valence-electron chi connectivity index (χ0n) is 5.08. The molecular weight excluding hydrogens is 233 g/mol. The number of hydrogen-bond acceptors (Lipinski definition) is 4. The number of nitrogens with zero attached hydrogens (tertiary/aromatic N) is 3. The Hall–Kier alpha value is -0.670. The lowest BCUT2D eigenvalue weighted by Crippen LogP contribution is -1.90. The SMILES string of the molecule is N#CSc1nc(F)ncc1Br. The maximum atomic E-state index is 12.3. The summed E-state index contributed by atoms with van der Waals surface area (Å²) in [5.74, 6) is 0. The number of nitriles is 1. The second-order valence-corrected chi connectivity index (χ2v) is 3.11. The zero-order chi connectivity index (χ0) is 8.27. The van der Waals surface area contributed by atoms with E-state index in [1.54, 1.807) is 5.40 Å².